The fourth-order valence-electron chi connectivity index (χ4n) is 1.21. The molecule has 1 aromatic heterocycles. The van der Waals surface area contributed by atoms with Gasteiger partial charge in [0, 0.05) is 0 Å². The second-order valence-electron chi connectivity index (χ2n) is 2.92. The van der Waals surface area contributed by atoms with E-state index in [1.807, 2.05) is 25.1 Å². The van der Waals surface area contributed by atoms with Crippen LogP contribution < -0.4 is 0 Å². The lowest BCUT2D eigenvalue weighted by atomic mass is 10.2. The summed E-state index contributed by atoms with van der Waals surface area (Å²) in [5.74, 6) is 0.497. The minimum absolute atomic E-state index is 0.497. The van der Waals surface area contributed by atoms with E-state index in [0.29, 0.717) is 5.82 Å². The van der Waals surface area contributed by atoms with Crippen LogP contribution in [0.15, 0.2) is 29.4 Å². The molecule has 68 valence electrons. The zero-order chi connectivity index (χ0) is 9.97. The van der Waals surface area contributed by atoms with Crippen molar-refractivity contribution in [1.29, 1.82) is 0 Å². The van der Waals surface area contributed by atoms with Gasteiger partial charge in [-0.05, 0) is 36.8 Å². The number of aryl methyl sites for hydroxylation is 1. The maximum absolute atomic E-state index is 4.49. The molecule has 0 N–H and O–H groups in total. The first-order chi connectivity index (χ1) is 6.79. The Morgan fingerprint density at radius 3 is 3.00 bits per heavy atom. The van der Waals surface area contributed by atoms with Crippen molar-refractivity contribution in [3.8, 4) is 0 Å². The van der Waals surface area contributed by atoms with Crippen LogP contribution in [0.4, 0.5) is 5.82 Å². The molecule has 0 aliphatic rings. The van der Waals surface area contributed by atoms with Gasteiger partial charge in [-0.2, -0.15) is 4.99 Å². The lowest BCUT2D eigenvalue weighted by Crippen LogP contribution is -1.84. The summed E-state index contributed by atoms with van der Waals surface area (Å²) >= 11 is 4.49. The molecule has 0 saturated heterocycles. The standard InChI is InChI=1S/C10H7N3S/c1-7-2-3-8-9(4-7)11-5-10(13-8)12-6-14/h2-5H,1H3. The van der Waals surface area contributed by atoms with Gasteiger partial charge in [0.25, 0.3) is 0 Å². The highest BCUT2D eigenvalue weighted by Gasteiger charge is 1.97. The largest absolute Gasteiger partial charge is 0.251 e. The Kier molecular flexibility index (Phi) is 2.31. The van der Waals surface area contributed by atoms with Gasteiger partial charge in [0.2, 0.25) is 0 Å². The summed E-state index contributed by atoms with van der Waals surface area (Å²) in [5, 5.41) is 2.27. The zero-order valence-electron chi connectivity index (χ0n) is 7.56. The van der Waals surface area contributed by atoms with E-state index in [1.54, 1.807) is 6.20 Å². The van der Waals surface area contributed by atoms with Crippen LogP contribution in [0, 0.1) is 6.92 Å². The molecule has 1 aromatic carbocycles. The number of hydrogen-bond acceptors (Lipinski definition) is 4. The van der Waals surface area contributed by atoms with Crippen molar-refractivity contribution in [2.45, 2.75) is 6.92 Å². The van der Waals surface area contributed by atoms with Crippen LogP contribution in [0.1, 0.15) is 5.56 Å². The Hall–Kier alpha value is -1.64. The second kappa shape index (κ2) is 3.62. The van der Waals surface area contributed by atoms with Crippen molar-refractivity contribution in [3.63, 3.8) is 0 Å². The molecule has 0 aliphatic carbocycles. The summed E-state index contributed by atoms with van der Waals surface area (Å²) in [6.07, 6.45) is 1.58. The molecule has 0 atom stereocenters. The maximum Gasteiger partial charge on any atom is 0.181 e. The highest BCUT2D eigenvalue weighted by Crippen LogP contribution is 2.14. The van der Waals surface area contributed by atoms with Gasteiger partial charge in [-0.15, -0.1) is 0 Å². The Bertz CT molecular complexity index is 530. The van der Waals surface area contributed by atoms with Crippen LogP contribution in [0.2, 0.25) is 0 Å². The fraction of sp³-hybridized carbons (Fsp3) is 0.100. The number of aromatic nitrogens is 2. The van der Waals surface area contributed by atoms with Gasteiger partial charge in [-0.1, -0.05) is 6.07 Å². The van der Waals surface area contributed by atoms with Crippen molar-refractivity contribution in [2.24, 2.45) is 4.99 Å². The van der Waals surface area contributed by atoms with Gasteiger partial charge >= 0.3 is 0 Å². The third kappa shape index (κ3) is 1.66. The van der Waals surface area contributed by atoms with Gasteiger partial charge < -0.3 is 0 Å². The molecule has 4 heteroatoms. The van der Waals surface area contributed by atoms with E-state index in [0.717, 1.165) is 16.6 Å². The predicted octanol–water partition coefficient (Wildman–Crippen LogP) is 2.67. The van der Waals surface area contributed by atoms with Crippen molar-refractivity contribution in [1.82, 2.24) is 9.97 Å². The van der Waals surface area contributed by atoms with E-state index < -0.39 is 0 Å². The van der Waals surface area contributed by atoms with Gasteiger partial charge in [0.15, 0.2) is 5.82 Å². The number of rotatable bonds is 1. The SMILES string of the molecule is Cc1ccc2nc(N=C=S)cnc2c1. The predicted molar refractivity (Wildman–Crippen MR) is 59.0 cm³/mol. The highest BCUT2D eigenvalue weighted by atomic mass is 32.1. The Labute approximate surface area is 86.5 Å². The summed E-state index contributed by atoms with van der Waals surface area (Å²) < 4.78 is 0. The zero-order valence-corrected chi connectivity index (χ0v) is 8.38. The van der Waals surface area contributed by atoms with Gasteiger partial charge in [-0.3, -0.25) is 4.98 Å². The number of hydrogen-bond donors (Lipinski definition) is 0. The summed E-state index contributed by atoms with van der Waals surface area (Å²) in [6.45, 7) is 2.02. The smallest absolute Gasteiger partial charge is 0.181 e. The summed E-state index contributed by atoms with van der Waals surface area (Å²) in [7, 11) is 0. The van der Waals surface area contributed by atoms with Crippen LogP contribution in [0.5, 0.6) is 0 Å². The third-order valence-corrected chi connectivity index (χ3v) is 1.94. The third-order valence-electron chi connectivity index (χ3n) is 1.85. The molecule has 0 amide bonds. The van der Waals surface area contributed by atoms with Crippen LogP contribution >= 0.6 is 12.2 Å². The van der Waals surface area contributed by atoms with Crippen molar-refractivity contribution < 1.29 is 0 Å². The van der Waals surface area contributed by atoms with Crippen LogP contribution in [-0.4, -0.2) is 15.1 Å². The van der Waals surface area contributed by atoms with E-state index in [2.05, 4.69) is 32.3 Å². The Balaban J connectivity index is 2.67. The van der Waals surface area contributed by atoms with Crippen molar-refractivity contribution in [2.75, 3.05) is 0 Å². The van der Waals surface area contributed by atoms with E-state index in [1.165, 1.54) is 0 Å². The lowest BCUT2D eigenvalue weighted by molar-refractivity contribution is 1.25. The van der Waals surface area contributed by atoms with E-state index in [4.69, 9.17) is 0 Å². The summed E-state index contributed by atoms with van der Waals surface area (Å²) in [4.78, 5) is 12.2. The molecule has 2 rings (SSSR count). The van der Waals surface area contributed by atoms with Crippen molar-refractivity contribution >= 4 is 34.2 Å². The molecule has 3 nitrogen and oxygen atoms in total. The number of benzene rings is 1. The first kappa shape index (κ1) is 8.94. The molecular formula is C10H7N3S. The second-order valence-corrected chi connectivity index (χ2v) is 3.11. The minimum Gasteiger partial charge on any atom is -0.251 e. The van der Waals surface area contributed by atoms with Gasteiger partial charge in [0.1, 0.15) is 0 Å². The first-order valence-corrected chi connectivity index (χ1v) is 4.52. The lowest BCUT2D eigenvalue weighted by Gasteiger charge is -1.97. The number of fused-ring (bicyclic) bond motifs is 1. The quantitative estimate of drug-likeness (QED) is 0.526. The number of isothiocyanates is 1. The number of thiocarbonyl (C=S) groups is 1. The molecule has 2 aromatic rings. The Morgan fingerprint density at radius 2 is 2.21 bits per heavy atom. The molecule has 0 aliphatic heterocycles. The molecular weight excluding hydrogens is 194 g/mol. The molecule has 1 heterocycles. The average molecular weight is 201 g/mol. The first-order valence-electron chi connectivity index (χ1n) is 4.11. The Morgan fingerprint density at radius 1 is 1.36 bits per heavy atom. The fourth-order valence-corrected chi connectivity index (χ4v) is 1.31. The molecule has 14 heavy (non-hydrogen) atoms. The van der Waals surface area contributed by atoms with Gasteiger partial charge in [0.05, 0.1) is 22.4 Å². The molecule has 0 fully saturated rings. The molecule has 0 saturated carbocycles. The minimum atomic E-state index is 0.497. The normalized spacial score (nSPS) is 9.79. The molecule has 0 unspecified atom stereocenters. The van der Waals surface area contributed by atoms with Crippen LogP contribution in [0.3, 0.4) is 0 Å². The molecule has 0 spiro atoms. The maximum atomic E-state index is 4.49. The van der Waals surface area contributed by atoms with Crippen LogP contribution in [-0.2, 0) is 0 Å². The summed E-state index contributed by atoms with van der Waals surface area (Å²) in [6, 6.07) is 5.88. The van der Waals surface area contributed by atoms with E-state index in [-0.39, 0.29) is 0 Å². The van der Waals surface area contributed by atoms with Crippen molar-refractivity contribution in [3.05, 3.63) is 30.0 Å². The van der Waals surface area contributed by atoms with Crippen LogP contribution in [0.25, 0.3) is 11.0 Å². The number of nitrogens with zero attached hydrogens (tertiary/aromatic N) is 3. The highest BCUT2D eigenvalue weighted by molar-refractivity contribution is 7.78. The van der Waals surface area contributed by atoms with E-state index >= 15 is 0 Å². The number of aliphatic imine (C=N–C) groups is 1. The van der Waals surface area contributed by atoms with E-state index in [9.17, 15) is 0 Å². The summed E-state index contributed by atoms with van der Waals surface area (Å²) in [5.41, 5.74) is 2.85. The molecule has 0 bridgehead atoms. The molecule has 0 radical (unpaired) electrons. The monoisotopic (exact) mass is 201 g/mol. The topological polar surface area (TPSA) is 38.1 Å². The van der Waals surface area contributed by atoms with Gasteiger partial charge in [-0.25, -0.2) is 4.98 Å². The average Bonchev–Trinajstić information content (AvgIpc) is 2.19.